The van der Waals surface area contributed by atoms with Crippen LogP contribution in [-0.2, 0) is 4.74 Å². The zero-order valence-corrected chi connectivity index (χ0v) is 10.0. The molecule has 3 atom stereocenters. The first-order chi connectivity index (χ1) is 8.02. The summed E-state index contributed by atoms with van der Waals surface area (Å²) in [6.07, 6.45) is 0.681. The van der Waals surface area contributed by atoms with E-state index in [9.17, 15) is 8.78 Å². The lowest BCUT2D eigenvalue weighted by Gasteiger charge is -2.23. The predicted octanol–water partition coefficient (Wildman–Crippen LogP) is 2.70. The molecule has 1 saturated heterocycles. The Kier molecular flexibility index (Phi) is 3.45. The molecule has 2 nitrogen and oxygen atoms in total. The van der Waals surface area contributed by atoms with Gasteiger partial charge in [-0.1, -0.05) is 19.1 Å². The number of halogens is 2. The Labute approximate surface area is 99.8 Å². The summed E-state index contributed by atoms with van der Waals surface area (Å²) in [7, 11) is 0. The zero-order valence-electron chi connectivity index (χ0n) is 10.0. The standard InChI is InChI=1S/C13H17F2NO/c1-7-3-4-9(11(15)10(7)14)12(16)13-8(2)5-6-17-13/h3-4,8,12-13H,5-6,16H2,1-2H3. The average Bonchev–Trinajstić information content (AvgIpc) is 2.72. The fourth-order valence-corrected chi connectivity index (χ4v) is 2.27. The monoisotopic (exact) mass is 241 g/mol. The van der Waals surface area contributed by atoms with Crippen LogP contribution in [0.1, 0.15) is 30.5 Å². The molecule has 1 aliphatic heterocycles. The second-order valence-corrected chi connectivity index (χ2v) is 4.73. The SMILES string of the molecule is Cc1ccc(C(N)C2OCCC2C)c(F)c1F. The largest absolute Gasteiger partial charge is 0.376 e. The van der Waals surface area contributed by atoms with Gasteiger partial charge in [-0.25, -0.2) is 8.78 Å². The van der Waals surface area contributed by atoms with Gasteiger partial charge >= 0.3 is 0 Å². The molecule has 1 fully saturated rings. The van der Waals surface area contributed by atoms with Crippen molar-refractivity contribution in [2.75, 3.05) is 6.61 Å². The van der Waals surface area contributed by atoms with Crippen LogP contribution in [0.15, 0.2) is 12.1 Å². The van der Waals surface area contributed by atoms with Gasteiger partial charge in [0.25, 0.3) is 0 Å². The highest BCUT2D eigenvalue weighted by Crippen LogP contribution is 2.31. The van der Waals surface area contributed by atoms with E-state index < -0.39 is 17.7 Å². The summed E-state index contributed by atoms with van der Waals surface area (Å²) < 4.78 is 32.7. The Balaban J connectivity index is 2.31. The first kappa shape index (κ1) is 12.5. The van der Waals surface area contributed by atoms with Crippen molar-refractivity contribution in [2.24, 2.45) is 11.7 Å². The van der Waals surface area contributed by atoms with Gasteiger partial charge in [-0.15, -0.1) is 0 Å². The Bertz CT molecular complexity index is 422. The maximum absolute atomic E-state index is 13.8. The molecule has 1 aromatic rings. The molecule has 2 N–H and O–H groups in total. The molecule has 0 radical (unpaired) electrons. The van der Waals surface area contributed by atoms with Crippen molar-refractivity contribution in [2.45, 2.75) is 32.4 Å². The lowest BCUT2D eigenvalue weighted by atomic mass is 9.92. The highest BCUT2D eigenvalue weighted by atomic mass is 19.2. The lowest BCUT2D eigenvalue weighted by molar-refractivity contribution is 0.0713. The molecule has 1 aliphatic rings. The van der Waals surface area contributed by atoms with Crippen LogP contribution in [-0.4, -0.2) is 12.7 Å². The van der Waals surface area contributed by atoms with E-state index in [1.54, 1.807) is 12.1 Å². The third kappa shape index (κ3) is 2.19. The molecule has 4 heteroatoms. The maximum atomic E-state index is 13.8. The topological polar surface area (TPSA) is 35.2 Å². The number of nitrogens with two attached hydrogens (primary N) is 1. The Morgan fingerprint density at radius 2 is 2.06 bits per heavy atom. The van der Waals surface area contributed by atoms with Crippen molar-refractivity contribution >= 4 is 0 Å². The van der Waals surface area contributed by atoms with Gasteiger partial charge in [-0.2, -0.15) is 0 Å². The summed E-state index contributed by atoms with van der Waals surface area (Å²) >= 11 is 0. The van der Waals surface area contributed by atoms with Crippen molar-refractivity contribution in [3.8, 4) is 0 Å². The van der Waals surface area contributed by atoms with Gasteiger partial charge in [0.15, 0.2) is 11.6 Å². The highest BCUT2D eigenvalue weighted by molar-refractivity contribution is 5.28. The van der Waals surface area contributed by atoms with Gasteiger partial charge in [0.2, 0.25) is 0 Å². The van der Waals surface area contributed by atoms with E-state index in [4.69, 9.17) is 10.5 Å². The van der Waals surface area contributed by atoms with Crippen molar-refractivity contribution in [1.82, 2.24) is 0 Å². The number of aryl methyl sites for hydroxylation is 1. The van der Waals surface area contributed by atoms with Crippen LogP contribution in [0.2, 0.25) is 0 Å². The molecule has 0 amide bonds. The lowest BCUT2D eigenvalue weighted by Crippen LogP contribution is -2.30. The smallest absolute Gasteiger partial charge is 0.163 e. The summed E-state index contributed by atoms with van der Waals surface area (Å²) in [6.45, 7) is 4.18. The average molecular weight is 241 g/mol. The molecule has 0 spiro atoms. The fourth-order valence-electron chi connectivity index (χ4n) is 2.27. The second kappa shape index (κ2) is 4.70. The molecule has 0 aliphatic carbocycles. The van der Waals surface area contributed by atoms with Gasteiger partial charge in [-0.05, 0) is 24.8 Å². The molecule has 2 rings (SSSR count). The van der Waals surface area contributed by atoms with Crippen molar-refractivity contribution in [1.29, 1.82) is 0 Å². The number of hydrogen-bond acceptors (Lipinski definition) is 2. The predicted molar refractivity (Wildman–Crippen MR) is 61.5 cm³/mol. The van der Waals surface area contributed by atoms with Gasteiger partial charge in [0.1, 0.15) is 0 Å². The first-order valence-corrected chi connectivity index (χ1v) is 5.84. The molecular formula is C13H17F2NO. The van der Waals surface area contributed by atoms with E-state index in [0.717, 1.165) is 6.42 Å². The minimum atomic E-state index is -0.847. The van der Waals surface area contributed by atoms with Gasteiger partial charge in [-0.3, -0.25) is 0 Å². The molecule has 1 aromatic carbocycles. The third-order valence-corrected chi connectivity index (χ3v) is 3.46. The van der Waals surface area contributed by atoms with E-state index in [0.29, 0.717) is 12.2 Å². The van der Waals surface area contributed by atoms with Crippen LogP contribution in [0.25, 0.3) is 0 Å². The molecular weight excluding hydrogens is 224 g/mol. The number of rotatable bonds is 2. The van der Waals surface area contributed by atoms with Crippen LogP contribution in [0, 0.1) is 24.5 Å². The summed E-state index contributed by atoms with van der Waals surface area (Å²) in [6, 6.07) is 2.49. The zero-order chi connectivity index (χ0) is 12.6. The Morgan fingerprint density at radius 3 is 2.65 bits per heavy atom. The molecule has 94 valence electrons. The molecule has 17 heavy (non-hydrogen) atoms. The van der Waals surface area contributed by atoms with Crippen molar-refractivity contribution in [3.63, 3.8) is 0 Å². The second-order valence-electron chi connectivity index (χ2n) is 4.73. The molecule has 1 heterocycles. The van der Waals surface area contributed by atoms with Crippen molar-refractivity contribution in [3.05, 3.63) is 34.9 Å². The van der Waals surface area contributed by atoms with Crippen LogP contribution in [0.3, 0.4) is 0 Å². The summed E-state index contributed by atoms with van der Waals surface area (Å²) in [4.78, 5) is 0. The normalized spacial score (nSPS) is 26.2. The summed E-state index contributed by atoms with van der Waals surface area (Å²) in [5.41, 5.74) is 6.47. The van der Waals surface area contributed by atoms with Crippen LogP contribution >= 0.6 is 0 Å². The van der Waals surface area contributed by atoms with E-state index >= 15 is 0 Å². The third-order valence-electron chi connectivity index (χ3n) is 3.46. The number of ether oxygens (including phenoxy) is 1. The minimum Gasteiger partial charge on any atom is -0.376 e. The van der Waals surface area contributed by atoms with Gasteiger partial charge in [0.05, 0.1) is 12.1 Å². The maximum Gasteiger partial charge on any atom is 0.163 e. The van der Waals surface area contributed by atoms with E-state index in [-0.39, 0.29) is 17.6 Å². The Morgan fingerprint density at radius 1 is 1.35 bits per heavy atom. The molecule has 3 unspecified atom stereocenters. The molecule has 0 bridgehead atoms. The number of hydrogen-bond donors (Lipinski definition) is 1. The van der Waals surface area contributed by atoms with Crippen molar-refractivity contribution < 1.29 is 13.5 Å². The molecule has 0 saturated carbocycles. The Hall–Kier alpha value is -1.00. The minimum absolute atomic E-state index is 0.201. The van der Waals surface area contributed by atoms with E-state index in [1.165, 1.54) is 6.92 Å². The number of benzene rings is 1. The van der Waals surface area contributed by atoms with Crippen LogP contribution in [0.5, 0.6) is 0 Å². The fraction of sp³-hybridized carbons (Fsp3) is 0.538. The summed E-state index contributed by atoms with van der Waals surface area (Å²) in [5, 5.41) is 0. The molecule has 0 aromatic heterocycles. The van der Waals surface area contributed by atoms with Gasteiger partial charge in [0, 0.05) is 12.2 Å². The quantitative estimate of drug-likeness (QED) is 0.864. The van der Waals surface area contributed by atoms with E-state index in [2.05, 4.69) is 0 Å². The van der Waals surface area contributed by atoms with Crippen LogP contribution in [0.4, 0.5) is 8.78 Å². The van der Waals surface area contributed by atoms with Gasteiger partial charge < -0.3 is 10.5 Å². The first-order valence-electron chi connectivity index (χ1n) is 5.84. The van der Waals surface area contributed by atoms with Crippen LogP contribution < -0.4 is 5.73 Å². The summed E-state index contributed by atoms with van der Waals surface area (Å²) in [5.74, 6) is -1.39. The van der Waals surface area contributed by atoms with E-state index in [1.807, 2.05) is 6.92 Å². The highest BCUT2D eigenvalue weighted by Gasteiger charge is 2.32.